The summed E-state index contributed by atoms with van der Waals surface area (Å²) in [5, 5.41) is 131. The lowest BCUT2D eigenvalue weighted by Gasteiger charge is -2.47. The Hall–Kier alpha value is -9.20. The summed E-state index contributed by atoms with van der Waals surface area (Å²) in [5.41, 5.74) is 8.00. The number of hydrogen-bond donors (Lipinski definition) is 19. The molecule has 0 spiro atoms. The normalized spacial score (nSPS) is 29.4. The molecule has 542 valence electrons. The molecule has 0 saturated carbocycles. The Morgan fingerprint density at radius 2 is 1.32 bits per heavy atom. The molecule has 0 unspecified atom stereocenters. The lowest BCUT2D eigenvalue weighted by atomic mass is 9.86. The van der Waals surface area contributed by atoms with Gasteiger partial charge in [-0.25, -0.2) is 4.79 Å². The Morgan fingerprint density at radius 1 is 0.713 bits per heavy atom. The second kappa shape index (κ2) is 30.2. The van der Waals surface area contributed by atoms with Gasteiger partial charge in [-0.1, -0.05) is 55.2 Å². The molecule has 11 bridgehead atoms. The minimum absolute atomic E-state index is 0.0975. The van der Waals surface area contributed by atoms with Crippen LogP contribution in [-0.4, -0.2) is 191 Å². The number of aliphatic hydroxyl groups excluding tert-OH is 6. The maximum atomic E-state index is 16.0. The maximum absolute atomic E-state index is 16.0. The van der Waals surface area contributed by atoms with Gasteiger partial charge in [0.25, 0.3) is 0 Å². The fourth-order valence-corrected chi connectivity index (χ4v) is 12.9. The van der Waals surface area contributed by atoms with Crippen LogP contribution in [-0.2, 0) is 52.6 Å². The number of carbonyl (C=O) groups is 8. The number of aliphatic hydroxyl groups is 6. The van der Waals surface area contributed by atoms with Crippen LogP contribution in [0.4, 0.5) is 0 Å². The third kappa shape index (κ3) is 15.8. The number of amides is 7. The smallest absolute Gasteiger partial charge is 0.330 e. The first-order valence-corrected chi connectivity index (χ1v) is 32.4. The number of benzene rings is 5. The second-order valence-electron chi connectivity index (χ2n) is 25.7. The largest absolute Gasteiger partial charge is 0.508 e. The number of phenolic OH excluding ortho intramolecular Hbond substituents is 3. The minimum atomic E-state index is -2.35. The van der Waals surface area contributed by atoms with Gasteiger partial charge in [-0.2, -0.15) is 0 Å². The molecule has 7 aliphatic heterocycles. The van der Waals surface area contributed by atoms with E-state index in [2.05, 4.69) is 37.2 Å². The Kier molecular flexibility index (Phi) is 22.2. The standard InChI is InChI=1S/C66H75Cl2N9O24/c1-23(2)12-34(71-5)58(88)76-49-51(83)26-7-10-38(32(67)14-26)97-40-16-28-17-41(55(40)101-65-56(54(86)53(85)42(22-78)99-65)100-44-21-66(4,70)57(87)24(3)96-44)98-39-11-8-27(15-33(39)68)52(84)50-63(93)75-48(64(94)95)31-18-29(79)19-37(81)45(31)30-13-25(6-9-36(30)80)46(60(90)77-50)74-61(91)47(28)73-59(89)35(20-43(69)82)72-62(49)92/h6-11,13-19,23-24,34-35,42,44,46-54,56-57,65,71,78-81,83-87H,12,20-22,70H2,1-5H3,(H2,69,82)(H,72,92)(H,73,89)(H,74,91)(H,75,93)(H,76,88)(H,77,90)(H,94,95)/t24-,34-,35+,42+,44-,46-,47-,48-,49+,50+,51-,52-,53+,54-,56+,57+,65-,66-/m1/s1. The average Bonchev–Trinajstić information content (AvgIpc) is 0.775. The first kappa shape index (κ1) is 74.5. The molecule has 21 N–H and O–H groups in total. The number of hydrogen-bond acceptors (Lipinski definition) is 25. The number of rotatable bonds is 13. The summed E-state index contributed by atoms with van der Waals surface area (Å²) in [6, 6.07) is -0.679. The highest BCUT2D eigenvalue weighted by Crippen LogP contribution is 2.50. The van der Waals surface area contributed by atoms with Crippen molar-refractivity contribution in [2.45, 2.75) is 156 Å². The van der Waals surface area contributed by atoms with Gasteiger partial charge in [-0.3, -0.25) is 33.6 Å². The molecule has 101 heavy (non-hydrogen) atoms. The van der Waals surface area contributed by atoms with E-state index in [1.807, 2.05) is 13.8 Å². The zero-order chi connectivity index (χ0) is 73.5. The van der Waals surface area contributed by atoms with Crippen LogP contribution in [0.5, 0.6) is 46.0 Å². The molecule has 0 radical (unpaired) electrons. The van der Waals surface area contributed by atoms with E-state index in [0.29, 0.717) is 0 Å². The summed E-state index contributed by atoms with van der Waals surface area (Å²) in [7, 11) is 1.47. The highest BCUT2D eigenvalue weighted by Gasteiger charge is 2.51. The van der Waals surface area contributed by atoms with E-state index in [4.69, 9.17) is 63.1 Å². The van der Waals surface area contributed by atoms with Crippen molar-refractivity contribution in [2.24, 2.45) is 17.4 Å². The number of likely N-dealkylation sites (N-methyl/N-ethyl adjacent to an activating group) is 1. The van der Waals surface area contributed by atoms with E-state index in [9.17, 15) is 75.0 Å². The van der Waals surface area contributed by atoms with Gasteiger partial charge in [-0.15, -0.1) is 0 Å². The first-order valence-electron chi connectivity index (χ1n) is 31.6. The Labute approximate surface area is 584 Å². The van der Waals surface area contributed by atoms with E-state index in [0.717, 1.165) is 66.7 Å². The lowest BCUT2D eigenvalue weighted by Crippen LogP contribution is -2.64. The van der Waals surface area contributed by atoms with Crippen LogP contribution in [0.2, 0.25) is 10.0 Å². The summed E-state index contributed by atoms with van der Waals surface area (Å²) in [5.74, 6) is -16.0. The predicted octanol–water partition coefficient (Wildman–Crippen LogP) is 0.106. The van der Waals surface area contributed by atoms with Crippen LogP contribution in [0.25, 0.3) is 11.1 Å². The van der Waals surface area contributed by atoms with Gasteiger partial charge in [0.15, 0.2) is 29.9 Å². The average molecular weight is 1450 g/mol. The van der Waals surface area contributed by atoms with Crippen molar-refractivity contribution in [1.29, 1.82) is 0 Å². The molecule has 0 aromatic heterocycles. The van der Waals surface area contributed by atoms with Crippen LogP contribution in [0, 0.1) is 5.92 Å². The molecule has 2 saturated heterocycles. The van der Waals surface area contributed by atoms with Crippen molar-refractivity contribution in [1.82, 2.24) is 37.2 Å². The topological polar surface area (TPSA) is 530 Å². The molecule has 0 aliphatic carbocycles. The number of halogens is 2. The molecular weight excluding hydrogens is 1370 g/mol. The Bertz CT molecular complexity index is 4070. The molecule has 5 aromatic rings. The van der Waals surface area contributed by atoms with Gasteiger partial charge in [0.05, 0.1) is 41.3 Å². The summed E-state index contributed by atoms with van der Waals surface area (Å²) in [6.07, 6.45) is -18.6. The zero-order valence-electron chi connectivity index (χ0n) is 54.3. The molecule has 7 heterocycles. The van der Waals surface area contributed by atoms with Crippen LogP contribution in [0.1, 0.15) is 105 Å². The van der Waals surface area contributed by atoms with Crippen molar-refractivity contribution in [2.75, 3.05) is 13.7 Å². The number of primary amides is 1. The number of aromatic hydroxyl groups is 3. The highest BCUT2D eigenvalue weighted by atomic mass is 35.5. The molecule has 2 fully saturated rings. The Morgan fingerprint density at radius 3 is 1.90 bits per heavy atom. The van der Waals surface area contributed by atoms with Gasteiger partial charge in [0.2, 0.25) is 53.4 Å². The molecule has 12 rings (SSSR count). The van der Waals surface area contributed by atoms with Gasteiger partial charge in [-0.05, 0) is 110 Å². The van der Waals surface area contributed by atoms with Gasteiger partial charge in [0.1, 0.15) is 89.5 Å². The fraction of sp³-hybridized carbons (Fsp3) is 0.424. The number of carbonyl (C=O) groups excluding carboxylic acids is 7. The molecule has 33 nitrogen and oxygen atoms in total. The van der Waals surface area contributed by atoms with Crippen molar-refractivity contribution in [3.05, 3.63) is 117 Å². The van der Waals surface area contributed by atoms with E-state index >= 15 is 14.4 Å². The quantitative estimate of drug-likeness (QED) is 0.0743. The number of ether oxygens (including phenoxy) is 6. The van der Waals surface area contributed by atoms with E-state index in [-0.39, 0.29) is 46.2 Å². The van der Waals surface area contributed by atoms with Crippen LogP contribution < -0.4 is 62.9 Å². The summed E-state index contributed by atoms with van der Waals surface area (Å²) in [4.78, 5) is 117. The number of aliphatic carboxylic acids is 1. The zero-order valence-corrected chi connectivity index (χ0v) is 55.8. The second-order valence-corrected chi connectivity index (χ2v) is 26.5. The van der Waals surface area contributed by atoms with Gasteiger partial charge in [0, 0.05) is 34.7 Å². The highest BCUT2D eigenvalue weighted by molar-refractivity contribution is 6.32. The molecule has 35 heteroatoms. The maximum Gasteiger partial charge on any atom is 0.330 e. The third-order valence-electron chi connectivity index (χ3n) is 17.8. The SMILES string of the molecule is CN[C@H](CC(C)C)C(=O)N[C@@H]1C(=O)N[C@@H](CC(N)=O)C(=O)N[C@H]2C(=O)N[C@H]3C(=O)N[C@H](C(=O)N[C@@H](C(=O)O)c4cc(O)cc(O)c4-c4cc3ccc4O)[C@H](O)c3ccc(c(Cl)c3)Oc3cc2cc(c3O[C@H]2O[C@@H](CO)[C@H](O)[C@@H](O)[C@@H]2O[C@@H]2C[C@@](C)(N)[C@@H](O)[C@@H](C)O2)Oc2ccc(cc2Cl)[C@H]1O. The van der Waals surface area contributed by atoms with Crippen molar-refractivity contribution >= 4 is 70.5 Å². The lowest BCUT2D eigenvalue weighted by molar-refractivity contribution is -0.333. The fourth-order valence-electron chi connectivity index (χ4n) is 12.5. The van der Waals surface area contributed by atoms with Crippen LogP contribution >= 0.6 is 23.2 Å². The Balaban J connectivity index is 1.24. The first-order chi connectivity index (χ1) is 47.7. The van der Waals surface area contributed by atoms with Gasteiger partial charge < -0.3 is 128 Å². The summed E-state index contributed by atoms with van der Waals surface area (Å²) >= 11 is 14.1. The molecule has 7 aliphatic rings. The molecule has 5 aromatic carbocycles. The minimum Gasteiger partial charge on any atom is -0.508 e. The summed E-state index contributed by atoms with van der Waals surface area (Å²) < 4.78 is 38.3. The molecule has 7 amide bonds. The predicted molar refractivity (Wildman–Crippen MR) is 349 cm³/mol. The van der Waals surface area contributed by atoms with E-state index in [1.54, 1.807) is 0 Å². The van der Waals surface area contributed by atoms with Crippen LogP contribution in [0.15, 0.2) is 78.9 Å². The monoisotopic (exact) mass is 1450 g/mol. The van der Waals surface area contributed by atoms with Crippen molar-refractivity contribution < 1.29 is 118 Å². The number of nitrogens with one attached hydrogen (secondary N) is 7. The number of nitrogens with two attached hydrogens (primary N) is 2. The summed E-state index contributed by atoms with van der Waals surface area (Å²) in [6.45, 7) is 5.66. The van der Waals surface area contributed by atoms with Crippen molar-refractivity contribution in [3.63, 3.8) is 0 Å². The van der Waals surface area contributed by atoms with Gasteiger partial charge >= 0.3 is 5.97 Å². The van der Waals surface area contributed by atoms with Crippen molar-refractivity contribution in [3.8, 4) is 57.1 Å². The molecular formula is C66H75Cl2N9O24. The number of fused-ring (bicyclic) bond motifs is 15. The number of carboxylic acid groups (broad SMARTS) is 1. The molecule has 18 atom stereocenters. The third-order valence-corrected chi connectivity index (χ3v) is 18.4. The van der Waals surface area contributed by atoms with E-state index in [1.165, 1.54) is 33.0 Å². The van der Waals surface area contributed by atoms with E-state index < -0.39 is 237 Å². The van der Waals surface area contributed by atoms with Crippen LogP contribution in [0.3, 0.4) is 0 Å². The number of phenols is 3. The number of carboxylic acids is 1.